The number of H-pyrrole nitrogens is 1. The maximum Gasteiger partial charge on any atom is 0.433 e. The van der Waals surface area contributed by atoms with Crippen LogP contribution in [0.5, 0.6) is 11.8 Å². The molecule has 0 saturated heterocycles. The van der Waals surface area contributed by atoms with E-state index in [1.807, 2.05) is 6.07 Å². The van der Waals surface area contributed by atoms with Gasteiger partial charge in [-0.3, -0.25) is 4.79 Å². The summed E-state index contributed by atoms with van der Waals surface area (Å²) in [4.78, 5) is 21.2. The third-order valence-electron chi connectivity index (χ3n) is 3.72. The van der Waals surface area contributed by atoms with Crippen LogP contribution in [-0.2, 0) is 6.18 Å². The average molecular weight is 398 g/mol. The topological polar surface area (TPSA) is 141 Å². The van der Waals surface area contributed by atoms with Gasteiger partial charge in [0, 0.05) is 11.8 Å². The summed E-state index contributed by atoms with van der Waals surface area (Å²) < 4.78 is 43.6. The molecule has 0 aliphatic carbocycles. The first-order chi connectivity index (χ1) is 13.7. The molecule has 0 amide bonds. The van der Waals surface area contributed by atoms with Crippen molar-refractivity contribution in [3.05, 3.63) is 63.7 Å². The molecule has 0 bridgehead atoms. The zero-order valence-electron chi connectivity index (χ0n) is 14.3. The molecular formula is C18H9F3N6O2. The van der Waals surface area contributed by atoms with E-state index in [-0.39, 0.29) is 33.8 Å². The summed E-state index contributed by atoms with van der Waals surface area (Å²) in [7, 11) is 0. The van der Waals surface area contributed by atoms with Gasteiger partial charge in [0.15, 0.2) is 5.69 Å². The number of nitriles is 2. The van der Waals surface area contributed by atoms with Crippen molar-refractivity contribution in [2.75, 3.05) is 5.73 Å². The minimum absolute atomic E-state index is 0.0216. The standard InChI is InChI=1S/C18H9F3N6O2/c19-18(20,21)13-4-5-25-17(26-13)29-10-3-1-2-9(6-10)14-11(7-22)15(24)27-16(28)12(14)8-23/h1-6H,(H3,24,27,28). The molecule has 2 aromatic heterocycles. The molecule has 0 aliphatic heterocycles. The average Bonchev–Trinajstić information content (AvgIpc) is 2.67. The van der Waals surface area contributed by atoms with E-state index in [0.717, 1.165) is 6.20 Å². The zero-order chi connectivity index (χ0) is 21.2. The van der Waals surface area contributed by atoms with Crippen LogP contribution in [0.4, 0.5) is 19.0 Å². The Morgan fingerprint density at radius 3 is 2.52 bits per heavy atom. The molecule has 29 heavy (non-hydrogen) atoms. The summed E-state index contributed by atoms with van der Waals surface area (Å²) in [5.41, 5.74) is 3.43. The number of ether oxygens (including phenoxy) is 1. The highest BCUT2D eigenvalue weighted by Crippen LogP contribution is 2.32. The Hall–Kier alpha value is -4.38. The smallest absolute Gasteiger partial charge is 0.424 e. The molecule has 0 saturated carbocycles. The molecule has 0 spiro atoms. The van der Waals surface area contributed by atoms with Crippen LogP contribution in [0.25, 0.3) is 11.1 Å². The summed E-state index contributed by atoms with van der Waals surface area (Å²) in [5, 5.41) is 18.7. The number of nitrogens with zero attached hydrogens (tertiary/aromatic N) is 4. The first kappa shape index (κ1) is 19.4. The largest absolute Gasteiger partial charge is 0.433 e. The van der Waals surface area contributed by atoms with Crippen molar-refractivity contribution in [1.29, 1.82) is 10.5 Å². The third-order valence-corrected chi connectivity index (χ3v) is 3.72. The zero-order valence-corrected chi connectivity index (χ0v) is 14.3. The highest BCUT2D eigenvalue weighted by molar-refractivity contribution is 5.80. The molecule has 3 rings (SSSR count). The number of aromatic nitrogens is 3. The highest BCUT2D eigenvalue weighted by atomic mass is 19.4. The van der Waals surface area contributed by atoms with Gasteiger partial charge in [-0.25, -0.2) is 4.98 Å². The molecule has 3 N–H and O–H groups in total. The number of nitrogens with two attached hydrogens (primary N) is 1. The molecule has 0 radical (unpaired) electrons. The molecule has 8 nitrogen and oxygen atoms in total. The number of alkyl halides is 3. The number of halogens is 3. The van der Waals surface area contributed by atoms with Gasteiger partial charge in [0.25, 0.3) is 5.56 Å². The van der Waals surface area contributed by atoms with Crippen molar-refractivity contribution in [2.45, 2.75) is 6.18 Å². The molecule has 0 atom stereocenters. The number of aromatic amines is 1. The van der Waals surface area contributed by atoms with Crippen LogP contribution < -0.4 is 16.0 Å². The highest BCUT2D eigenvalue weighted by Gasteiger charge is 2.33. The van der Waals surface area contributed by atoms with E-state index in [2.05, 4.69) is 15.0 Å². The number of nitrogens with one attached hydrogen (secondary N) is 1. The minimum Gasteiger partial charge on any atom is -0.424 e. The Bertz CT molecular complexity index is 1240. The lowest BCUT2D eigenvalue weighted by molar-refractivity contribution is -0.141. The SMILES string of the molecule is N#Cc1c(N)[nH]c(=O)c(C#N)c1-c1cccc(Oc2nccc(C(F)(F)F)n2)c1. The lowest BCUT2D eigenvalue weighted by atomic mass is 9.96. The Kier molecular flexibility index (Phi) is 4.90. The van der Waals surface area contributed by atoms with Gasteiger partial charge in [-0.05, 0) is 23.8 Å². The summed E-state index contributed by atoms with van der Waals surface area (Å²) in [6.07, 6.45) is -3.77. The number of rotatable bonds is 3. The van der Waals surface area contributed by atoms with Crippen molar-refractivity contribution < 1.29 is 17.9 Å². The Balaban J connectivity index is 2.08. The monoisotopic (exact) mass is 398 g/mol. The van der Waals surface area contributed by atoms with Crippen molar-refractivity contribution in [3.8, 4) is 35.0 Å². The molecule has 3 aromatic rings. The van der Waals surface area contributed by atoms with E-state index in [1.165, 1.54) is 24.3 Å². The van der Waals surface area contributed by atoms with E-state index in [4.69, 9.17) is 10.5 Å². The summed E-state index contributed by atoms with van der Waals surface area (Å²) >= 11 is 0. The first-order valence-corrected chi connectivity index (χ1v) is 7.79. The predicted molar refractivity (Wildman–Crippen MR) is 93.4 cm³/mol. The summed E-state index contributed by atoms with van der Waals surface area (Å²) in [5.74, 6) is -0.201. The maximum atomic E-state index is 12.8. The van der Waals surface area contributed by atoms with E-state index in [1.54, 1.807) is 6.07 Å². The van der Waals surface area contributed by atoms with Crippen LogP contribution in [0.2, 0.25) is 0 Å². The summed E-state index contributed by atoms with van der Waals surface area (Å²) in [6, 6.07) is 9.34. The quantitative estimate of drug-likeness (QED) is 0.691. The van der Waals surface area contributed by atoms with Gasteiger partial charge in [-0.1, -0.05) is 12.1 Å². The molecule has 144 valence electrons. The van der Waals surface area contributed by atoms with E-state index >= 15 is 0 Å². The normalized spacial score (nSPS) is 10.8. The maximum absolute atomic E-state index is 12.8. The number of anilines is 1. The van der Waals surface area contributed by atoms with Crippen LogP contribution in [0, 0.1) is 22.7 Å². The van der Waals surface area contributed by atoms with Gasteiger partial charge in [0.1, 0.15) is 34.8 Å². The molecular weight excluding hydrogens is 389 g/mol. The second-order valence-electron chi connectivity index (χ2n) is 5.57. The summed E-state index contributed by atoms with van der Waals surface area (Å²) in [6.45, 7) is 0. The van der Waals surface area contributed by atoms with Gasteiger partial charge >= 0.3 is 12.2 Å². The number of nitrogen functional groups attached to an aromatic ring is 1. The van der Waals surface area contributed by atoms with Gasteiger partial charge in [0.2, 0.25) is 0 Å². The lowest BCUT2D eigenvalue weighted by Gasteiger charge is -2.11. The van der Waals surface area contributed by atoms with Crippen molar-refractivity contribution >= 4 is 5.82 Å². The Labute approximate surface area is 160 Å². The van der Waals surface area contributed by atoms with Crippen LogP contribution in [-0.4, -0.2) is 15.0 Å². The van der Waals surface area contributed by atoms with Crippen LogP contribution in [0.3, 0.4) is 0 Å². The fourth-order valence-corrected chi connectivity index (χ4v) is 2.50. The molecule has 11 heteroatoms. The number of hydrogen-bond donors (Lipinski definition) is 2. The fraction of sp³-hybridized carbons (Fsp3) is 0.0556. The fourth-order valence-electron chi connectivity index (χ4n) is 2.50. The molecule has 0 unspecified atom stereocenters. The Morgan fingerprint density at radius 2 is 1.86 bits per heavy atom. The van der Waals surface area contributed by atoms with Crippen LogP contribution in [0.1, 0.15) is 16.8 Å². The van der Waals surface area contributed by atoms with Crippen molar-refractivity contribution in [2.24, 2.45) is 0 Å². The van der Waals surface area contributed by atoms with E-state index < -0.39 is 23.4 Å². The van der Waals surface area contributed by atoms with Crippen molar-refractivity contribution in [1.82, 2.24) is 15.0 Å². The third kappa shape index (κ3) is 3.84. The van der Waals surface area contributed by atoms with E-state index in [9.17, 15) is 28.5 Å². The second kappa shape index (κ2) is 7.32. The minimum atomic E-state index is -4.67. The molecule has 1 aromatic carbocycles. The number of hydrogen-bond acceptors (Lipinski definition) is 7. The number of benzene rings is 1. The molecule has 0 aliphatic rings. The second-order valence-corrected chi connectivity index (χ2v) is 5.57. The van der Waals surface area contributed by atoms with E-state index in [0.29, 0.717) is 6.07 Å². The predicted octanol–water partition coefficient (Wildman–Crippen LogP) is 2.97. The lowest BCUT2D eigenvalue weighted by Crippen LogP contribution is -2.16. The first-order valence-electron chi connectivity index (χ1n) is 7.79. The molecule has 0 fully saturated rings. The Morgan fingerprint density at radius 1 is 1.14 bits per heavy atom. The van der Waals surface area contributed by atoms with Crippen molar-refractivity contribution in [3.63, 3.8) is 0 Å². The van der Waals surface area contributed by atoms with Gasteiger partial charge < -0.3 is 15.5 Å². The van der Waals surface area contributed by atoms with Gasteiger partial charge in [0.05, 0.1) is 0 Å². The van der Waals surface area contributed by atoms with Gasteiger partial charge in [-0.2, -0.15) is 28.7 Å². The number of pyridine rings is 1. The van der Waals surface area contributed by atoms with Crippen LogP contribution in [0.15, 0.2) is 41.3 Å². The van der Waals surface area contributed by atoms with Gasteiger partial charge in [-0.15, -0.1) is 0 Å². The molecule has 2 heterocycles. The van der Waals surface area contributed by atoms with Crippen LogP contribution >= 0.6 is 0 Å².